The van der Waals surface area contributed by atoms with Gasteiger partial charge < -0.3 is 9.64 Å². The Labute approximate surface area is 107 Å². The predicted octanol–water partition coefficient (Wildman–Crippen LogP) is -0.108. The number of nitrogens with one attached hydrogen (secondary N) is 2. The zero-order valence-corrected chi connectivity index (χ0v) is 10.9. The zero-order valence-electron chi connectivity index (χ0n) is 10.9. The summed E-state index contributed by atoms with van der Waals surface area (Å²) >= 11 is 0. The first kappa shape index (κ1) is 14.2. The van der Waals surface area contributed by atoms with E-state index in [1.807, 2.05) is 38.2 Å². The highest BCUT2D eigenvalue weighted by Gasteiger charge is 2.14. The van der Waals surface area contributed by atoms with Crippen LogP contribution in [0.1, 0.15) is 11.1 Å². The van der Waals surface area contributed by atoms with E-state index in [9.17, 15) is 9.59 Å². The summed E-state index contributed by atoms with van der Waals surface area (Å²) in [7, 11) is 3.13. The third-order valence-electron chi connectivity index (χ3n) is 2.64. The van der Waals surface area contributed by atoms with Crippen LogP contribution >= 0.6 is 0 Å². The summed E-state index contributed by atoms with van der Waals surface area (Å²) in [5.74, 6) is -0.340. The average Bonchev–Trinajstić information content (AvgIpc) is 2.31. The van der Waals surface area contributed by atoms with Crippen LogP contribution in [-0.4, -0.2) is 32.7 Å². The summed E-state index contributed by atoms with van der Waals surface area (Å²) in [6.07, 6.45) is -0.719. The molecule has 0 heterocycles. The number of benzene rings is 1. The monoisotopic (exact) mass is 251 g/mol. The molecule has 98 valence electrons. The van der Waals surface area contributed by atoms with Crippen LogP contribution in [0.15, 0.2) is 24.3 Å². The second-order valence-corrected chi connectivity index (χ2v) is 4.28. The highest BCUT2D eigenvalue weighted by Crippen LogP contribution is 2.04. The van der Waals surface area contributed by atoms with Crippen LogP contribution < -0.4 is 10.2 Å². The Morgan fingerprint density at radius 3 is 2.61 bits per heavy atom. The Balaban J connectivity index is 2.47. The third kappa shape index (κ3) is 4.55. The Bertz CT molecular complexity index is 432. The lowest BCUT2D eigenvalue weighted by atomic mass is 10.1. The zero-order chi connectivity index (χ0) is 13.5. The third-order valence-corrected chi connectivity index (χ3v) is 2.64. The molecule has 2 amide bonds. The molecule has 0 saturated carbocycles. The van der Waals surface area contributed by atoms with E-state index in [1.165, 1.54) is 18.2 Å². The summed E-state index contributed by atoms with van der Waals surface area (Å²) in [5, 5.41) is 2.14. The topological polar surface area (TPSA) is 59.8 Å². The SMILES string of the molecule is COC(=O)NC(=O)C[NH+](C)Cc1ccccc1C. The van der Waals surface area contributed by atoms with Crippen molar-refractivity contribution in [1.82, 2.24) is 5.32 Å². The maximum Gasteiger partial charge on any atom is 0.413 e. The number of imide groups is 1. The Kier molecular flexibility index (Phi) is 5.32. The van der Waals surface area contributed by atoms with Gasteiger partial charge in [-0.05, 0) is 12.5 Å². The van der Waals surface area contributed by atoms with E-state index in [1.54, 1.807) is 0 Å². The maximum absolute atomic E-state index is 11.5. The van der Waals surface area contributed by atoms with Gasteiger partial charge in [-0.1, -0.05) is 24.3 Å². The van der Waals surface area contributed by atoms with Gasteiger partial charge in [-0.2, -0.15) is 0 Å². The number of aryl methyl sites for hydroxylation is 1. The quantitative estimate of drug-likeness (QED) is 0.785. The molecule has 0 bridgehead atoms. The van der Waals surface area contributed by atoms with E-state index < -0.39 is 6.09 Å². The molecule has 2 N–H and O–H groups in total. The lowest BCUT2D eigenvalue weighted by Gasteiger charge is -2.14. The molecule has 0 aliphatic carbocycles. The fourth-order valence-corrected chi connectivity index (χ4v) is 1.68. The number of hydrogen-bond acceptors (Lipinski definition) is 3. The van der Waals surface area contributed by atoms with Crippen molar-refractivity contribution in [2.75, 3.05) is 20.7 Å². The van der Waals surface area contributed by atoms with Gasteiger partial charge in [-0.3, -0.25) is 10.1 Å². The van der Waals surface area contributed by atoms with E-state index in [4.69, 9.17) is 0 Å². The molecule has 1 atom stereocenters. The van der Waals surface area contributed by atoms with Gasteiger partial charge in [0.1, 0.15) is 6.54 Å². The highest BCUT2D eigenvalue weighted by molar-refractivity contribution is 5.92. The van der Waals surface area contributed by atoms with E-state index in [0.29, 0.717) is 0 Å². The summed E-state index contributed by atoms with van der Waals surface area (Å²) in [6.45, 7) is 3.00. The first-order valence-corrected chi connectivity index (χ1v) is 5.76. The van der Waals surface area contributed by atoms with Crippen molar-refractivity contribution in [2.45, 2.75) is 13.5 Å². The molecule has 5 heteroatoms. The number of alkyl carbamates (subject to hydrolysis) is 1. The van der Waals surface area contributed by atoms with Crippen molar-refractivity contribution in [2.24, 2.45) is 0 Å². The largest absolute Gasteiger partial charge is 0.453 e. The van der Waals surface area contributed by atoms with E-state index >= 15 is 0 Å². The van der Waals surface area contributed by atoms with Crippen LogP contribution in [0.2, 0.25) is 0 Å². The molecule has 1 unspecified atom stereocenters. The fraction of sp³-hybridized carbons (Fsp3) is 0.385. The molecule has 0 aliphatic heterocycles. The molecule has 0 radical (unpaired) electrons. The molecule has 0 spiro atoms. The first-order chi connectivity index (χ1) is 8.52. The Morgan fingerprint density at radius 2 is 2.00 bits per heavy atom. The van der Waals surface area contributed by atoms with E-state index in [0.717, 1.165) is 11.4 Å². The van der Waals surface area contributed by atoms with Crippen LogP contribution in [-0.2, 0) is 16.1 Å². The molecule has 18 heavy (non-hydrogen) atoms. The summed E-state index contributed by atoms with van der Waals surface area (Å²) in [6, 6.07) is 8.04. The van der Waals surface area contributed by atoms with Crippen LogP contribution in [0, 0.1) is 6.92 Å². The number of amides is 2. The number of carbonyl (C=O) groups excluding carboxylic acids is 2. The van der Waals surface area contributed by atoms with Crippen LogP contribution in [0.3, 0.4) is 0 Å². The Morgan fingerprint density at radius 1 is 1.33 bits per heavy atom. The minimum atomic E-state index is -0.719. The van der Waals surface area contributed by atoms with Crippen LogP contribution in [0.4, 0.5) is 4.79 Å². The van der Waals surface area contributed by atoms with Crippen LogP contribution in [0.5, 0.6) is 0 Å². The second kappa shape index (κ2) is 6.76. The molecule has 1 aromatic rings. The number of rotatable bonds is 4. The minimum absolute atomic E-state index is 0.226. The second-order valence-electron chi connectivity index (χ2n) is 4.28. The number of hydrogen-bond donors (Lipinski definition) is 2. The van der Waals surface area contributed by atoms with Gasteiger partial charge in [-0.15, -0.1) is 0 Å². The lowest BCUT2D eigenvalue weighted by molar-refractivity contribution is -0.885. The summed E-state index contributed by atoms with van der Waals surface area (Å²) in [5.41, 5.74) is 2.39. The maximum atomic E-state index is 11.5. The normalized spacial score (nSPS) is 11.7. The summed E-state index contributed by atoms with van der Waals surface area (Å²) < 4.78 is 4.36. The van der Waals surface area contributed by atoms with Gasteiger partial charge in [-0.25, -0.2) is 4.79 Å². The van der Waals surface area contributed by atoms with Gasteiger partial charge >= 0.3 is 6.09 Å². The van der Waals surface area contributed by atoms with Crippen molar-refractivity contribution >= 4 is 12.0 Å². The minimum Gasteiger partial charge on any atom is -0.453 e. The average molecular weight is 251 g/mol. The smallest absolute Gasteiger partial charge is 0.413 e. The summed E-state index contributed by atoms with van der Waals surface area (Å²) in [4.78, 5) is 23.3. The first-order valence-electron chi connectivity index (χ1n) is 5.76. The molecule has 0 aromatic heterocycles. The fourth-order valence-electron chi connectivity index (χ4n) is 1.68. The molecule has 5 nitrogen and oxygen atoms in total. The molecule has 0 saturated heterocycles. The standard InChI is InChI=1S/C13H18N2O3/c1-10-6-4-5-7-11(10)8-15(2)9-12(16)14-13(17)18-3/h4-7H,8-9H2,1-3H3,(H,14,16,17)/p+1. The van der Waals surface area contributed by atoms with Gasteiger partial charge in [0.05, 0.1) is 14.2 Å². The van der Waals surface area contributed by atoms with E-state index in [2.05, 4.69) is 10.1 Å². The van der Waals surface area contributed by atoms with Gasteiger partial charge in [0, 0.05) is 5.56 Å². The molecule has 0 fully saturated rings. The number of methoxy groups -OCH3 is 1. The number of carbonyl (C=O) groups is 2. The molecular weight excluding hydrogens is 232 g/mol. The van der Waals surface area contributed by atoms with Gasteiger partial charge in [0.25, 0.3) is 5.91 Å². The number of likely N-dealkylation sites (N-methyl/N-ethyl adjacent to an activating group) is 1. The molecule has 1 rings (SSSR count). The van der Waals surface area contributed by atoms with Gasteiger partial charge in [0.15, 0.2) is 6.54 Å². The van der Waals surface area contributed by atoms with E-state index in [-0.39, 0.29) is 12.5 Å². The molecule has 0 aliphatic rings. The molecule has 1 aromatic carbocycles. The lowest BCUT2D eigenvalue weighted by Crippen LogP contribution is -3.09. The van der Waals surface area contributed by atoms with Crippen molar-refractivity contribution in [3.8, 4) is 0 Å². The van der Waals surface area contributed by atoms with Crippen molar-refractivity contribution in [3.63, 3.8) is 0 Å². The number of ether oxygens (including phenoxy) is 1. The van der Waals surface area contributed by atoms with Crippen molar-refractivity contribution in [3.05, 3.63) is 35.4 Å². The van der Waals surface area contributed by atoms with Crippen molar-refractivity contribution in [1.29, 1.82) is 0 Å². The number of quaternary nitrogens is 1. The van der Waals surface area contributed by atoms with Gasteiger partial charge in [0.2, 0.25) is 0 Å². The van der Waals surface area contributed by atoms with Crippen LogP contribution in [0.25, 0.3) is 0 Å². The van der Waals surface area contributed by atoms with Crippen molar-refractivity contribution < 1.29 is 19.2 Å². The molecular formula is C13H19N2O3+. The Hall–Kier alpha value is -1.88. The highest BCUT2D eigenvalue weighted by atomic mass is 16.5. The predicted molar refractivity (Wildman–Crippen MR) is 67.2 cm³/mol.